The lowest BCUT2D eigenvalue weighted by atomic mass is 10.1. The molecule has 0 saturated carbocycles. The molecule has 1 saturated heterocycles. The summed E-state index contributed by atoms with van der Waals surface area (Å²) < 4.78 is 5.77. The van der Waals surface area contributed by atoms with Gasteiger partial charge in [-0.1, -0.05) is 18.2 Å². The van der Waals surface area contributed by atoms with Gasteiger partial charge in [-0.3, -0.25) is 9.59 Å². The summed E-state index contributed by atoms with van der Waals surface area (Å²) in [7, 11) is 1.75. The highest BCUT2D eigenvalue weighted by Crippen LogP contribution is 2.27. The number of amides is 2. The molecule has 0 spiro atoms. The van der Waals surface area contributed by atoms with E-state index in [1.807, 2.05) is 68.4 Å². The summed E-state index contributed by atoms with van der Waals surface area (Å²) >= 11 is 0. The Labute approximate surface area is 154 Å². The molecular weight excluding hydrogens is 328 g/mol. The number of benzene rings is 2. The number of rotatable bonds is 5. The first-order chi connectivity index (χ1) is 12.5. The van der Waals surface area contributed by atoms with Crippen LogP contribution in [0.25, 0.3) is 0 Å². The molecule has 5 nitrogen and oxygen atoms in total. The van der Waals surface area contributed by atoms with E-state index in [2.05, 4.69) is 0 Å². The molecule has 0 radical (unpaired) electrons. The Bertz CT molecular complexity index is 772. The maximum Gasteiger partial charge on any atom is 0.232 e. The smallest absolute Gasteiger partial charge is 0.232 e. The van der Waals surface area contributed by atoms with E-state index in [1.165, 1.54) is 0 Å². The lowest BCUT2D eigenvalue weighted by molar-refractivity contribution is -0.129. The second-order valence-corrected chi connectivity index (χ2v) is 6.85. The highest BCUT2D eigenvalue weighted by atomic mass is 16.5. The third-order valence-corrected chi connectivity index (χ3v) is 4.66. The number of anilines is 1. The predicted molar refractivity (Wildman–Crippen MR) is 101 cm³/mol. The van der Waals surface area contributed by atoms with Crippen LogP contribution in [0.1, 0.15) is 20.3 Å². The molecule has 136 valence electrons. The Morgan fingerprint density at radius 3 is 2.27 bits per heavy atom. The minimum absolute atomic E-state index is 0.0294. The van der Waals surface area contributed by atoms with Gasteiger partial charge in [-0.25, -0.2) is 0 Å². The Morgan fingerprint density at radius 2 is 1.69 bits per heavy atom. The SMILES string of the molecule is CC(C)N1CC(C(=O)N(C)c2ccc(Oc3ccccc3)cc2)CC1=O. The molecule has 1 atom stereocenters. The highest BCUT2D eigenvalue weighted by Gasteiger charge is 2.36. The van der Waals surface area contributed by atoms with Crippen LogP contribution in [-0.2, 0) is 9.59 Å². The standard InChI is InChI=1S/C21H24N2O3/c1-15(2)23-14-16(13-20(23)24)21(25)22(3)17-9-11-19(12-10-17)26-18-7-5-4-6-8-18/h4-12,15-16H,13-14H2,1-3H3. The van der Waals surface area contributed by atoms with Crippen LogP contribution in [0.3, 0.4) is 0 Å². The van der Waals surface area contributed by atoms with Gasteiger partial charge in [-0.15, -0.1) is 0 Å². The first-order valence-corrected chi connectivity index (χ1v) is 8.85. The van der Waals surface area contributed by atoms with Crippen molar-refractivity contribution in [2.45, 2.75) is 26.3 Å². The minimum atomic E-state index is -0.282. The Kier molecular flexibility index (Phi) is 5.26. The van der Waals surface area contributed by atoms with Crippen molar-refractivity contribution in [1.82, 2.24) is 4.90 Å². The van der Waals surface area contributed by atoms with Crippen molar-refractivity contribution in [3.05, 3.63) is 54.6 Å². The monoisotopic (exact) mass is 352 g/mol. The average molecular weight is 352 g/mol. The molecule has 0 bridgehead atoms. The van der Waals surface area contributed by atoms with Crippen molar-refractivity contribution in [3.8, 4) is 11.5 Å². The molecule has 2 aromatic rings. The number of hydrogen-bond donors (Lipinski definition) is 0. The van der Waals surface area contributed by atoms with Crippen LogP contribution in [0.5, 0.6) is 11.5 Å². The summed E-state index contributed by atoms with van der Waals surface area (Å²) in [6.07, 6.45) is 0.288. The fourth-order valence-corrected chi connectivity index (χ4v) is 3.16. The van der Waals surface area contributed by atoms with E-state index in [1.54, 1.807) is 16.8 Å². The lowest BCUT2D eigenvalue weighted by Crippen LogP contribution is -2.36. The molecule has 1 fully saturated rings. The third-order valence-electron chi connectivity index (χ3n) is 4.66. The molecule has 1 unspecified atom stereocenters. The second-order valence-electron chi connectivity index (χ2n) is 6.85. The number of carbonyl (C=O) groups excluding carboxylic acids is 2. The molecule has 1 aliphatic heterocycles. The first-order valence-electron chi connectivity index (χ1n) is 8.85. The van der Waals surface area contributed by atoms with E-state index in [0.717, 1.165) is 11.4 Å². The quantitative estimate of drug-likeness (QED) is 0.824. The van der Waals surface area contributed by atoms with Gasteiger partial charge in [0, 0.05) is 31.7 Å². The van der Waals surface area contributed by atoms with Crippen molar-refractivity contribution in [3.63, 3.8) is 0 Å². The van der Waals surface area contributed by atoms with Crippen LogP contribution >= 0.6 is 0 Å². The minimum Gasteiger partial charge on any atom is -0.457 e. The van der Waals surface area contributed by atoms with Gasteiger partial charge in [0.15, 0.2) is 0 Å². The summed E-state index contributed by atoms with van der Waals surface area (Å²) in [5, 5.41) is 0. The number of nitrogens with zero attached hydrogens (tertiary/aromatic N) is 2. The maximum absolute atomic E-state index is 12.8. The van der Waals surface area contributed by atoms with Crippen LogP contribution in [0, 0.1) is 5.92 Å². The van der Waals surface area contributed by atoms with Gasteiger partial charge in [0.25, 0.3) is 0 Å². The van der Waals surface area contributed by atoms with E-state index < -0.39 is 0 Å². The Morgan fingerprint density at radius 1 is 1.08 bits per heavy atom. The van der Waals surface area contributed by atoms with Gasteiger partial charge < -0.3 is 14.5 Å². The Balaban J connectivity index is 1.65. The number of ether oxygens (including phenoxy) is 1. The van der Waals surface area contributed by atoms with Crippen molar-refractivity contribution in [2.75, 3.05) is 18.5 Å². The predicted octanol–water partition coefficient (Wildman–Crippen LogP) is 3.70. The van der Waals surface area contributed by atoms with Crippen LogP contribution in [0.2, 0.25) is 0 Å². The fraction of sp³-hybridized carbons (Fsp3) is 0.333. The molecule has 3 rings (SSSR count). The normalized spacial score (nSPS) is 16.8. The van der Waals surface area contributed by atoms with Crippen molar-refractivity contribution >= 4 is 17.5 Å². The third kappa shape index (κ3) is 3.87. The van der Waals surface area contributed by atoms with E-state index in [4.69, 9.17) is 4.74 Å². The van der Waals surface area contributed by atoms with Crippen LogP contribution in [0.4, 0.5) is 5.69 Å². The second kappa shape index (κ2) is 7.60. The zero-order valence-corrected chi connectivity index (χ0v) is 15.4. The largest absolute Gasteiger partial charge is 0.457 e. The number of likely N-dealkylation sites (tertiary alicyclic amines) is 1. The molecule has 0 N–H and O–H groups in total. The summed E-state index contributed by atoms with van der Waals surface area (Å²) in [6.45, 7) is 4.44. The summed E-state index contributed by atoms with van der Waals surface area (Å²) in [5.74, 6) is 1.22. The molecular formula is C21H24N2O3. The van der Waals surface area contributed by atoms with E-state index in [0.29, 0.717) is 12.3 Å². The van der Waals surface area contributed by atoms with Crippen molar-refractivity contribution < 1.29 is 14.3 Å². The highest BCUT2D eigenvalue weighted by molar-refractivity contribution is 5.98. The molecule has 2 aromatic carbocycles. The molecule has 1 heterocycles. The molecule has 1 aliphatic rings. The topological polar surface area (TPSA) is 49.9 Å². The van der Waals surface area contributed by atoms with E-state index in [-0.39, 0.29) is 30.2 Å². The zero-order chi connectivity index (χ0) is 18.7. The maximum atomic E-state index is 12.8. The van der Waals surface area contributed by atoms with Crippen LogP contribution in [-0.4, -0.2) is 36.3 Å². The molecule has 26 heavy (non-hydrogen) atoms. The van der Waals surface area contributed by atoms with Crippen LogP contribution < -0.4 is 9.64 Å². The lowest BCUT2D eigenvalue weighted by Gasteiger charge is -2.23. The van der Waals surface area contributed by atoms with Gasteiger partial charge in [-0.2, -0.15) is 0 Å². The molecule has 0 aliphatic carbocycles. The van der Waals surface area contributed by atoms with Crippen molar-refractivity contribution in [2.24, 2.45) is 5.92 Å². The molecule has 2 amide bonds. The van der Waals surface area contributed by atoms with Crippen LogP contribution in [0.15, 0.2) is 54.6 Å². The van der Waals surface area contributed by atoms with Gasteiger partial charge in [0.1, 0.15) is 11.5 Å². The van der Waals surface area contributed by atoms with Crippen molar-refractivity contribution in [1.29, 1.82) is 0 Å². The first kappa shape index (κ1) is 18.0. The van der Waals surface area contributed by atoms with Gasteiger partial charge >= 0.3 is 0 Å². The summed E-state index contributed by atoms with van der Waals surface area (Å²) in [6, 6.07) is 17.1. The van der Waals surface area contributed by atoms with Gasteiger partial charge in [0.05, 0.1) is 5.92 Å². The fourth-order valence-electron chi connectivity index (χ4n) is 3.16. The number of hydrogen-bond acceptors (Lipinski definition) is 3. The summed E-state index contributed by atoms with van der Waals surface area (Å²) in [5.41, 5.74) is 0.783. The van der Waals surface area contributed by atoms with E-state index in [9.17, 15) is 9.59 Å². The zero-order valence-electron chi connectivity index (χ0n) is 15.4. The molecule has 0 aromatic heterocycles. The Hall–Kier alpha value is -2.82. The number of carbonyl (C=O) groups is 2. The molecule has 5 heteroatoms. The summed E-state index contributed by atoms with van der Waals surface area (Å²) in [4.78, 5) is 28.2. The van der Waals surface area contributed by atoms with E-state index >= 15 is 0 Å². The number of para-hydroxylation sites is 1. The van der Waals surface area contributed by atoms with Gasteiger partial charge in [-0.05, 0) is 50.2 Å². The van der Waals surface area contributed by atoms with Gasteiger partial charge in [0.2, 0.25) is 11.8 Å². The average Bonchev–Trinajstić information content (AvgIpc) is 3.04.